The van der Waals surface area contributed by atoms with Crippen molar-refractivity contribution in [3.63, 3.8) is 0 Å². The molecule has 0 radical (unpaired) electrons. The number of nitrogens with one attached hydrogen (secondary N) is 1. The Hall–Kier alpha value is -2.34. The van der Waals surface area contributed by atoms with Crippen molar-refractivity contribution in [1.29, 1.82) is 0 Å². The molecule has 132 valence electrons. The zero-order chi connectivity index (χ0) is 17.1. The molecule has 2 amide bonds. The highest BCUT2D eigenvalue weighted by molar-refractivity contribution is 5.89. The number of hydrogen-bond acceptors (Lipinski definition) is 3. The Labute approximate surface area is 147 Å². The molecule has 6 nitrogen and oxygen atoms in total. The Balaban J connectivity index is 1.40. The molecule has 2 fully saturated rings. The third-order valence-corrected chi connectivity index (χ3v) is 4.81. The van der Waals surface area contributed by atoms with Crippen LogP contribution in [-0.4, -0.2) is 46.5 Å². The van der Waals surface area contributed by atoms with Gasteiger partial charge in [0.2, 0.25) is 0 Å². The molecule has 2 aliphatic rings. The van der Waals surface area contributed by atoms with Crippen molar-refractivity contribution in [3.05, 3.63) is 48.3 Å². The first-order valence-electron chi connectivity index (χ1n) is 8.99. The quantitative estimate of drug-likeness (QED) is 0.879. The second-order valence-electron chi connectivity index (χ2n) is 6.95. The maximum Gasteiger partial charge on any atom is 0.322 e. The predicted octanol–water partition coefficient (Wildman–Crippen LogP) is 2.96. The van der Waals surface area contributed by atoms with Gasteiger partial charge in [-0.05, 0) is 43.0 Å². The van der Waals surface area contributed by atoms with Crippen LogP contribution in [0, 0.1) is 5.92 Å². The van der Waals surface area contributed by atoms with Gasteiger partial charge in [-0.3, -0.25) is 4.68 Å². The highest BCUT2D eigenvalue weighted by Crippen LogP contribution is 2.29. The average molecular weight is 340 g/mol. The Morgan fingerprint density at radius 2 is 2.24 bits per heavy atom. The Bertz CT molecular complexity index is 706. The summed E-state index contributed by atoms with van der Waals surface area (Å²) in [5, 5.41) is 7.30. The van der Waals surface area contributed by atoms with Gasteiger partial charge in [0.05, 0.1) is 13.2 Å². The maximum absolute atomic E-state index is 12.8. The van der Waals surface area contributed by atoms with Crippen LogP contribution in [-0.2, 0) is 11.3 Å². The Kier molecular flexibility index (Phi) is 4.70. The summed E-state index contributed by atoms with van der Waals surface area (Å²) in [5.41, 5.74) is 1.95. The third kappa shape index (κ3) is 4.20. The monoisotopic (exact) mass is 340 g/mol. The molecule has 0 unspecified atom stereocenters. The van der Waals surface area contributed by atoms with Crippen LogP contribution >= 0.6 is 0 Å². The van der Waals surface area contributed by atoms with Gasteiger partial charge in [-0.2, -0.15) is 5.10 Å². The normalized spacial score (nSPS) is 19.8. The first kappa shape index (κ1) is 16.1. The standard InChI is InChI=1S/C19H24N4O2/c24-19(23(18-5-6-18)13-16-7-10-25-14-16)21-17-4-1-3-15(11-17)12-22-9-2-8-20-22/h1-4,8-9,11,16,18H,5-7,10,12-14H2,(H,21,24)/t16-/m0/s1. The minimum absolute atomic E-state index is 0.00522. The summed E-state index contributed by atoms with van der Waals surface area (Å²) < 4.78 is 7.33. The van der Waals surface area contributed by atoms with Crippen LogP contribution in [0.25, 0.3) is 0 Å². The van der Waals surface area contributed by atoms with Crippen molar-refractivity contribution < 1.29 is 9.53 Å². The number of anilines is 1. The molecular weight excluding hydrogens is 316 g/mol. The lowest BCUT2D eigenvalue weighted by atomic mass is 10.1. The number of ether oxygens (including phenoxy) is 1. The summed E-state index contributed by atoms with van der Waals surface area (Å²) in [6.45, 7) is 3.09. The first-order valence-corrected chi connectivity index (χ1v) is 8.99. The van der Waals surface area contributed by atoms with E-state index in [4.69, 9.17) is 4.74 Å². The van der Waals surface area contributed by atoms with Crippen LogP contribution in [0.4, 0.5) is 10.5 Å². The topological polar surface area (TPSA) is 59.4 Å². The fourth-order valence-corrected chi connectivity index (χ4v) is 3.31. The molecule has 1 aromatic carbocycles. The lowest BCUT2D eigenvalue weighted by Crippen LogP contribution is -2.40. The van der Waals surface area contributed by atoms with E-state index in [0.717, 1.165) is 50.3 Å². The molecular formula is C19H24N4O2. The molecule has 4 rings (SSSR count). The SMILES string of the molecule is O=C(Nc1cccc(Cn2cccn2)c1)N(C[C@@H]1CCOC1)C1CC1. The number of aromatic nitrogens is 2. The van der Waals surface area contributed by atoms with E-state index >= 15 is 0 Å². The number of hydrogen-bond donors (Lipinski definition) is 1. The van der Waals surface area contributed by atoms with Gasteiger partial charge in [-0.25, -0.2) is 4.79 Å². The summed E-state index contributed by atoms with van der Waals surface area (Å²) in [4.78, 5) is 14.8. The van der Waals surface area contributed by atoms with E-state index in [0.29, 0.717) is 18.5 Å². The molecule has 1 atom stereocenters. The van der Waals surface area contributed by atoms with Crippen LogP contribution in [0.1, 0.15) is 24.8 Å². The second kappa shape index (κ2) is 7.27. The first-order chi connectivity index (χ1) is 12.3. The van der Waals surface area contributed by atoms with E-state index in [1.165, 1.54) is 0 Å². The molecule has 1 N–H and O–H groups in total. The molecule has 2 aromatic rings. The Morgan fingerprint density at radius 3 is 2.96 bits per heavy atom. The van der Waals surface area contributed by atoms with Gasteiger partial charge in [0, 0.05) is 43.2 Å². The highest BCUT2D eigenvalue weighted by atomic mass is 16.5. The summed E-state index contributed by atoms with van der Waals surface area (Å²) in [6, 6.07) is 10.3. The number of benzene rings is 1. The summed E-state index contributed by atoms with van der Waals surface area (Å²) >= 11 is 0. The zero-order valence-electron chi connectivity index (χ0n) is 14.3. The third-order valence-electron chi connectivity index (χ3n) is 4.81. The lowest BCUT2D eigenvalue weighted by Gasteiger charge is -2.25. The van der Waals surface area contributed by atoms with Crippen molar-refractivity contribution >= 4 is 11.7 Å². The van der Waals surface area contributed by atoms with Gasteiger partial charge in [-0.1, -0.05) is 12.1 Å². The molecule has 1 saturated heterocycles. The van der Waals surface area contributed by atoms with E-state index in [2.05, 4.69) is 10.4 Å². The summed E-state index contributed by atoms with van der Waals surface area (Å²) in [7, 11) is 0. The molecule has 1 aliphatic heterocycles. The number of carbonyl (C=O) groups excluding carboxylic acids is 1. The smallest absolute Gasteiger partial charge is 0.322 e. The zero-order valence-corrected chi connectivity index (χ0v) is 14.3. The predicted molar refractivity (Wildman–Crippen MR) is 95.4 cm³/mol. The number of amides is 2. The average Bonchev–Trinajstić information content (AvgIpc) is 3.08. The van der Waals surface area contributed by atoms with E-state index in [1.54, 1.807) is 6.20 Å². The minimum atomic E-state index is 0.00522. The fourth-order valence-electron chi connectivity index (χ4n) is 3.31. The summed E-state index contributed by atoms with van der Waals surface area (Å²) in [5.74, 6) is 0.470. The van der Waals surface area contributed by atoms with E-state index in [9.17, 15) is 4.79 Å². The maximum atomic E-state index is 12.8. The molecule has 0 spiro atoms. The van der Waals surface area contributed by atoms with Crippen molar-refractivity contribution in [2.24, 2.45) is 5.92 Å². The van der Waals surface area contributed by atoms with E-state index in [-0.39, 0.29) is 6.03 Å². The molecule has 1 saturated carbocycles. The van der Waals surface area contributed by atoms with Gasteiger partial charge in [0.15, 0.2) is 0 Å². The van der Waals surface area contributed by atoms with Crippen LogP contribution < -0.4 is 5.32 Å². The number of rotatable bonds is 6. The van der Waals surface area contributed by atoms with Gasteiger partial charge in [-0.15, -0.1) is 0 Å². The molecule has 1 aliphatic carbocycles. The van der Waals surface area contributed by atoms with Crippen molar-refractivity contribution in [2.45, 2.75) is 31.8 Å². The fraction of sp³-hybridized carbons (Fsp3) is 0.474. The summed E-state index contributed by atoms with van der Waals surface area (Å²) in [6.07, 6.45) is 6.98. The molecule has 6 heteroatoms. The van der Waals surface area contributed by atoms with Crippen molar-refractivity contribution in [1.82, 2.24) is 14.7 Å². The molecule has 2 heterocycles. The number of carbonyl (C=O) groups is 1. The van der Waals surface area contributed by atoms with Gasteiger partial charge < -0.3 is 15.0 Å². The largest absolute Gasteiger partial charge is 0.381 e. The van der Waals surface area contributed by atoms with Crippen molar-refractivity contribution in [2.75, 3.05) is 25.1 Å². The molecule has 0 bridgehead atoms. The number of urea groups is 1. The van der Waals surface area contributed by atoms with Crippen LogP contribution in [0.15, 0.2) is 42.7 Å². The van der Waals surface area contributed by atoms with E-state index < -0.39 is 0 Å². The van der Waals surface area contributed by atoms with Gasteiger partial charge in [0.25, 0.3) is 0 Å². The van der Waals surface area contributed by atoms with Crippen LogP contribution in [0.5, 0.6) is 0 Å². The van der Waals surface area contributed by atoms with Crippen molar-refractivity contribution in [3.8, 4) is 0 Å². The minimum Gasteiger partial charge on any atom is -0.381 e. The van der Waals surface area contributed by atoms with Crippen LogP contribution in [0.3, 0.4) is 0 Å². The second-order valence-corrected chi connectivity index (χ2v) is 6.95. The molecule has 25 heavy (non-hydrogen) atoms. The lowest BCUT2D eigenvalue weighted by molar-refractivity contribution is 0.167. The van der Waals surface area contributed by atoms with Gasteiger partial charge >= 0.3 is 6.03 Å². The van der Waals surface area contributed by atoms with E-state index in [1.807, 2.05) is 46.1 Å². The molecule has 1 aromatic heterocycles. The van der Waals surface area contributed by atoms with Gasteiger partial charge in [0.1, 0.15) is 0 Å². The number of nitrogens with zero attached hydrogens (tertiary/aromatic N) is 3. The van der Waals surface area contributed by atoms with Crippen LogP contribution in [0.2, 0.25) is 0 Å². The Morgan fingerprint density at radius 1 is 1.32 bits per heavy atom. The highest BCUT2D eigenvalue weighted by Gasteiger charge is 2.34.